The minimum atomic E-state index is -0.272. The topological polar surface area (TPSA) is 68.5 Å². The quantitative estimate of drug-likeness (QED) is 0.562. The Bertz CT molecular complexity index is 1170. The van der Waals surface area contributed by atoms with Crippen LogP contribution in [0.1, 0.15) is 0 Å². The normalized spacial score (nSPS) is 10.6. The maximum absolute atomic E-state index is 12.4. The zero-order valence-electron chi connectivity index (χ0n) is 14.9. The summed E-state index contributed by atoms with van der Waals surface area (Å²) in [6, 6.07) is 24.9. The lowest BCUT2D eigenvalue weighted by atomic mass is 10.1. The smallest absolute Gasteiger partial charge is 0.262 e. The van der Waals surface area contributed by atoms with E-state index in [1.165, 1.54) is 6.07 Å². The van der Waals surface area contributed by atoms with Crippen LogP contribution < -0.4 is 15.5 Å². The molecule has 3 aromatic carbocycles. The molecule has 0 atom stereocenters. The number of ether oxygens (including phenoxy) is 1. The van der Waals surface area contributed by atoms with Gasteiger partial charge in [-0.2, -0.15) is 0 Å². The van der Waals surface area contributed by atoms with E-state index in [1.807, 2.05) is 48.5 Å². The number of benzene rings is 3. The van der Waals surface area contributed by atoms with Crippen LogP contribution in [0.5, 0.6) is 5.75 Å². The van der Waals surface area contributed by atoms with Crippen molar-refractivity contribution in [3.8, 4) is 17.1 Å². The number of amides is 1. The highest BCUT2D eigenvalue weighted by molar-refractivity contribution is 5.91. The summed E-state index contributed by atoms with van der Waals surface area (Å²) in [6.45, 7) is -0.150. The van der Waals surface area contributed by atoms with Gasteiger partial charge in [0.05, 0.1) is 5.39 Å². The number of rotatable bonds is 5. The molecule has 0 unspecified atom stereocenters. The molecule has 1 heterocycles. The highest BCUT2D eigenvalue weighted by Crippen LogP contribution is 2.24. The van der Waals surface area contributed by atoms with Crippen molar-refractivity contribution < 1.29 is 13.9 Å². The highest BCUT2D eigenvalue weighted by Gasteiger charge is 2.09. The minimum absolute atomic E-state index is 0.131. The largest absolute Gasteiger partial charge is 0.484 e. The molecule has 4 rings (SSSR count). The van der Waals surface area contributed by atoms with Gasteiger partial charge in [-0.05, 0) is 24.3 Å². The van der Waals surface area contributed by atoms with Crippen molar-refractivity contribution in [1.82, 2.24) is 0 Å². The molecule has 0 fully saturated rings. The second kappa shape index (κ2) is 7.80. The Hall–Kier alpha value is -3.86. The van der Waals surface area contributed by atoms with Crippen LogP contribution in [0.2, 0.25) is 0 Å². The number of fused-ring (bicyclic) bond motifs is 1. The van der Waals surface area contributed by atoms with Gasteiger partial charge < -0.3 is 14.5 Å². The van der Waals surface area contributed by atoms with Crippen LogP contribution in [0.25, 0.3) is 22.3 Å². The monoisotopic (exact) mass is 371 g/mol. The number of para-hydroxylation sites is 1. The molecule has 138 valence electrons. The van der Waals surface area contributed by atoms with Crippen molar-refractivity contribution in [1.29, 1.82) is 0 Å². The summed E-state index contributed by atoms with van der Waals surface area (Å²) in [5.74, 6) is 0.659. The maximum atomic E-state index is 12.4. The molecule has 28 heavy (non-hydrogen) atoms. The van der Waals surface area contributed by atoms with Gasteiger partial charge in [0, 0.05) is 23.4 Å². The molecular weight excluding hydrogens is 354 g/mol. The van der Waals surface area contributed by atoms with Crippen LogP contribution in [0.4, 0.5) is 5.69 Å². The van der Waals surface area contributed by atoms with E-state index < -0.39 is 0 Å². The lowest BCUT2D eigenvalue weighted by Gasteiger charge is -2.08. The summed E-state index contributed by atoms with van der Waals surface area (Å²) in [5.41, 5.74) is 1.80. The van der Waals surface area contributed by atoms with Crippen LogP contribution in [0.3, 0.4) is 0 Å². The van der Waals surface area contributed by atoms with Crippen molar-refractivity contribution >= 4 is 22.6 Å². The predicted molar refractivity (Wildman–Crippen MR) is 108 cm³/mol. The Balaban J connectivity index is 1.53. The lowest BCUT2D eigenvalue weighted by molar-refractivity contribution is -0.118. The average Bonchev–Trinajstić information content (AvgIpc) is 2.73. The van der Waals surface area contributed by atoms with Crippen molar-refractivity contribution in [2.24, 2.45) is 0 Å². The predicted octanol–water partition coefficient (Wildman–Crippen LogP) is 4.48. The molecule has 0 aliphatic rings. The van der Waals surface area contributed by atoms with Crippen LogP contribution >= 0.6 is 0 Å². The van der Waals surface area contributed by atoms with E-state index in [1.54, 1.807) is 30.3 Å². The zero-order chi connectivity index (χ0) is 19.3. The van der Waals surface area contributed by atoms with Gasteiger partial charge in [0.15, 0.2) is 12.0 Å². The molecule has 0 radical (unpaired) electrons. The summed E-state index contributed by atoms with van der Waals surface area (Å²) in [6.07, 6.45) is 0. The van der Waals surface area contributed by atoms with Gasteiger partial charge in [-0.25, -0.2) is 0 Å². The maximum Gasteiger partial charge on any atom is 0.262 e. The van der Waals surface area contributed by atoms with Gasteiger partial charge in [0.2, 0.25) is 0 Å². The Morgan fingerprint density at radius 3 is 2.36 bits per heavy atom. The number of anilines is 1. The van der Waals surface area contributed by atoms with Crippen molar-refractivity contribution in [2.45, 2.75) is 0 Å². The zero-order valence-corrected chi connectivity index (χ0v) is 14.9. The van der Waals surface area contributed by atoms with Gasteiger partial charge in [-0.3, -0.25) is 9.59 Å². The number of nitrogens with one attached hydrogen (secondary N) is 1. The standard InChI is InChI=1S/C23H17NO4/c25-20-14-21(16-7-3-1-4-8-16)28-22-13-18(11-12-19(20)22)27-15-23(26)24-17-9-5-2-6-10-17/h1-14H,15H2,(H,24,26). The van der Waals surface area contributed by atoms with Crippen molar-refractivity contribution in [2.75, 3.05) is 11.9 Å². The van der Waals surface area contributed by atoms with Crippen molar-refractivity contribution in [3.63, 3.8) is 0 Å². The second-order valence-electron chi connectivity index (χ2n) is 6.20. The van der Waals surface area contributed by atoms with Gasteiger partial charge in [0.25, 0.3) is 5.91 Å². The molecule has 0 aliphatic heterocycles. The van der Waals surface area contributed by atoms with E-state index in [0.717, 1.165) is 5.56 Å². The third kappa shape index (κ3) is 3.94. The average molecular weight is 371 g/mol. The first kappa shape index (κ1) is 17.5. The van der Waals surface area contributed by atoms with Crippen LogP contribution in [0.15, 0.2) is 94.1 Å². The molecule has 1 amide bonds. The minimum Gasteiger partial charge on any atom is -0.484 e. The van der Waals surface area contributed by atoms with E-state index >= 15 is 0 Å². The molecule has 1 aromatic heterocycles. The van der Waals surface area contributed by atoms with Crippen LogP contribution in [0, 0.1) is 0 Å². The third-order valence-corrected chi connectivity index (χ3v) is 4.19. The molecule has 4 aromatic rings. The number of carbonyl (C=O) groups excluding carboxylic acids is 1. The molecule has 0 spiro atoms. The lowest BCUT2D eigenvalue weighted by Crippen LogP contribution is -2.20. The molecule has 0 bridgehead atoms. The molecule has 0 saturated carbocycles. The summed E-state index contributed by atoms with van der Waals surface area (Å²) < 4.78 is 11.5. The number of hydrogen-bond donors (Lipinski definition) is 1. The summed E-state index contributed by atoms with van der Waals surface area (Å²) in [7, 11) is 0. The highest BCUT2D eigenvalue weighted by atomic mass is 16.5. The SMILES string of the molecule is O=C(COc1ccc2c(=O)cc(-c3ccccc3)oc2c1)Nc1ccccc1. The molecule has 5 nitrogen and oxygen atoms in total. The Morgan fingerprint density at radius 2 is 1.61 bits per heavy atom. The molecule has 1 N–H and O–H groups in total. The van der Waals surface area contributed by atoms with Crippen molar-refractivity contribution in [3.05, 3.63) is 95.2 Å². The van der Waals surface area contributed by atoms with Gasteiger partial charge in [0.1, 0.15) is 17.1 Å². The first-order valence-corrected chi connectivity index (χ1v) is 8.80. The van der Waals surface area contributed by atoms with Crippen LogP contribution in [-0.4, -0.2) is 12.5 Å². The van der Waals surface area contributed by atoms with E-state index in [0.29, 0.717) is 28.2 Å². The number of hydrogen-bond acceptors (Lipinski definition) is 4. The first-order chi connectivity index (χ1) is 13.7. The molecule has 0 saturated heterocycles. The fraction of sp³-hybridized carbons (Fsp3) is 0.0435. The van der Waals surface area contributed by atoms with Gasteiger partial charge >= 0.3 is 0 Å². The van der Waals surface area contributed by atoms with Gasteiger partial charge in [-0.15, -0.1) is 0 Å². The summed E-state index contributed by atoms with van der Waals surface area (Å²) in [4.78, 5) is 24.4. The first-order valence-electron chi connectivity index (χ1n) is 8.80. The second-order valence-corrected chi connectivity index (χ2v) is 6.20. The Labute approximate surface area is 161 Å². The van der Waals surface area contributed by atoms with E-state index in [4.69, 9.17) is 9.15 Å². The Morgan fingerprint density at radius 1 is 0.893 bits per heavy atom. The van der Waals surface area contributed by atoms with E-state index in [2.05, 4.69) is 5.32 Å². The summed E-state index contributed by atoms with van der Waals surface area (Å²) >= 11 is 0. The molecule has 5 heteroatoms. The number of carbonyl (C=O) groups is 1. The van der Waals surface area contributed by atoms with E-state index in [9.17, 15) is 9.59 Å². The van der Waals surface area contributed by atoms with Gasteiger partial charge in [-0.1, -0.05) is 48.5 Å². The van der Waals surface area contributed by atoms with Crippen LogP contribution in [-0.2, 0) is 4.79 Å². The third-order valence-electron chi connectivity index (χ3n) is 4.19. The van der Waals surface area contributed by atoms with E-state index in [-0.39, 0.29) is 17.9 Å². The fourth-order valence-electron chi connectivity index (χ4n) is 2.84. The molecular formula is C23H17NO4. The summed E-state index contributed by atoms with van der Waals surface area (Å²) in [5, 5.41) is 3.21. The molecule has 0 aliphatic carbocycles. The Kier molecular flexibility index (Phi) is 4.89. The fourth-order valence-corrected chi connectivity index (χ4v) is 2.84.